The highest BCUT2D eigenvalue weighted by Gasteiger charge is 2.07. The summed E-state index contributed by atoms with van der Waals surface area (Å²) in [4.78, 5) is 16.5. The first-order valence-electron chi connectivity index (χ1n) is 8.85. The van der Waals surface area contributed by atoms with E-state index in [1.54, 1.807) is 11.8 Å². The lowest BCUT2D eigenvalue weighted by Crippen LogP contribution is -2.23. The average molecular weight is 323 g/mol. The summed E-state index contributed by atoms with van der Waals surface area (Å²) in [5.74, 6) is 0.0255. The third-order valence-electron chi connectivity index (χ3n) is 4.44. The number of nitrogens with zero attached hydrogens (tertiary/aromatic N) is 1. The fourth-order valence-corrected chi connectivity index (χ4v) is 3.13. The molecule has 0 fully saturated rings. The van der Waals surface area contributed by atoms with E-state index in [0.717, 1.165) is 29.6 Å². The molecule has 1 heterocycles. The van der Waals surface area contributed by atoms with Gasteiger partial charge in [0.25, 0.3) is 0 Å². The van der Waals surface area contributed by atoms with Gasteiger partial charge in [0.15, 0.2) is 0 Å². The predicted octanol–water partition coefficient (Wildman–Crippen LogP) is 4.04. The van der Waals surface area contributed by atoms with Gasteiger partial charge in [0.05, 0.1) is 11.2 Å². The number of allylic oxidation sites excluding steroid dienone is 1. The van der Waals surface area contributed by atoms with E-state index >= 15 is 0 Å². The van der Waals surface area contributed by atoms with Crippen LogP contribution in [-0.4, -0.2) is 24.0 Å². The molecule has 126 valence electrons. The molecule has 3 rings (SSSR count). The van der Waals surface area contributed by atoms with Crippen molar-refractivity contribution in [1.29, 1.82) is 0 Å². The Balaban J connectivity index is 1.41. The van der Waals surface area contributed by atoms with E-state index in [1.165, 1.54) is 25.7 Å². The van der Waals surface area contributed by atoms with Crippen LogP contribution < -0.4 is 10.6 Å². The Bertz CT molecular complexity index is 718. The number of amides is 1. The van der Waals surface area contributed by atoms with Gasteiger partial charge in [0.2, 0.25) is 5.91 Å². The number of pyridine rings is 1. The molecular formula is C20H25N3O. The zero-order valence-corrected chi connectivity index (χ0v) is 14.1. The van der Waals surface area contributed by atoms with Crippen LogP contribution in [-0.2, 0) is 4.79 Å². The first-order chi connectivity index (χ1) is 11.8. The number of anilines is 1. The van der Waals surface area contributed by atoms with Gasteiger partial charge in [-0.1, -0.05) is 29.8 Å². The molecule has 4 nitrogen and oxygen atoms in total. The van der Waals surface area contributed by atoms with Gasteiger partial charge in [-0.05, 0) is 50.8 Å². The molecule has 0 spiro atoms. The summed E-state index contributed by atoms with van der Waals surface area (Å²) in [6.07, 6.45) is 10.8. The molecule has 1 amide bonds. The topological polar surface area (TPSA) is 54.0 Å². The molecule has 0 radical (unpaired) electrons. The SMILES string of the molecule is O=C(CCNCCC1=CCCCC1)Nc1cccc2cccnc12. The van der Waals surface area contributed by atoms with Crippen molar-refractivity contribution in [1.82, 2.24) is 10.3 Å². The second-order valence-corrected chi connectivity index (χ2v) is 6.29. The van der Waals surface area contributed by atoms with Gasteiger partial charge in [-0.15, -0.1) is 0 Å². The number of carbonyl (C=O) groups is 1. The van der Waals surface area contributed by atoms with Crippen molar-refractivity contribution < 1.29 is 4.79 Å². The molecule has 0 saturated carbocycles. The minimum absolute atomic E-state index is 0.0255. The van der Waals surface area contributed by atoms with Gasteiger partial charge in [-0.25, -0.2) is 0 Å². The highest BCUT2D eigenvalue weighted by molar-refractivity contribution is 6.00. The van der Waals surface area contributed by atoms with Crippen LogP contribution in [0.4, 0.5) is 5.69 Å². The third-order valence-corrected chi connectivity index (χ3v) is 4.44. The standard InChI is InChI=1S/C20H25N3O/c24-19(12-15-21-14-11-16-6-2-1-3-7-16)23-18-10-4-8-17-9-5-13-22-20(17)18/h4-6,8-10,13,21H,1-3,7,11-12,14-15H2,(H,23,24). The maximum Gasteiger partial charge on any atom is 0.225 e. The van der Waals surface area contributed by atoms with E-state index in [0.29, 0.717) is 13.0 Å². The zero-order valence-electron chi connectivity index (χ0n) is 14.1. The van der Waals surface area contributed by atoms with Crippen LogP contribution in [0.2, 0.25) is 0 Å². The van der Waals surface area contributed by atoms with Crippen molar-refractivity contribution in [2.75, 3.05) is 18.4 Å². The van der Waals surface area contributed by atoms with Gasteiger partial charge in [-0.2, -0.15) is 0 Å². The van der Waals surface area contributed by atoms with Crippen molar-refractivity contribution >= 4 is 22.5 Å². The van der Waals surface area contributed by atoms with Crippen molar-refractivity contribution in [3.8, 4) is 0 Å². The number of rotatable bonds is 7. The highest BCUT2D eigenvalue weighted by atomic mass is 16.1. The van der Waals surface area contributed by atoms with E-state index in [4.69, 9.17) is 0 Å². The Morgan fingerprint density at radius 3 is 2.92 bits per heavy atom. The van der Waals surface area contributed by atoms with E-state index in [-0.39, 0.29) is 5.91 Å². The quantitative estimate of drug-likeness (QED) is 0.597. The fourth-order valence-electron chi connectivity index (χ4n) is 3.13. The smallest absolute Gasteiger partial charge is 0.225 e. The van der Waals surface area contributed by atoms with Gasteiger partial charge >= 0.3 is 0 Å². The molecule has 24 heavy (non-hydrogen) atoms. The first-order valence-corrected chi connectivity index (χ1v) is 8.85. The Hall–Kier alpha value is -2.20. The number of hydrogen-bond donors (Lipinski definition) is 2. The molecule has 0 aliphatic heterocycles. The van der Waals surface area contributed by atoms with Gasteiger partial charge in [0.1, 0.15) is 0 Å². The van der Waals surface area contributed by atoms with E-state index in [9.17, 15) is 4.79 Å². The normalized spacial score (nSPS) is 14.4. The maximum atomic E-state index is 12.1. The lowest BCUT2D eigenvalue weighted by Gasteiger charge is -2.13. The van der Waals surface area contributed by atoms with Gasteiger partial charge < -0.3 is 10.6 Å². The van der Waals surface area contributed by atoms with Crippen molar-refractivity contribution in [3.05, 3.63) is 48.2 Å². The second kappa shape index (κ2) is 8.60. The van der Waals surface area contributed by atoms with E-state index < -0.39 is 0 Å². The van der Waals surface area contributed by atoms with Crippen LogP contribution in [0, 0.1) is 0 Å². The largest absolute Gasteiger partial charge is 0.324 e. The molecule has 0 unspecified atom stereocenters. The molecule has 2 aromatic rings. The lowest BCUT2D eigenvalue weighted by molar-refractivity contribution is -0.116. The Morgan fingerprint density at radius 1 is 1.12 bits per heavy atom. The average Bonchev–Trinajstić information content (AvgIpc) is 2.63. The van der Waals surface area contributed by atoms with Gasteiger partial charge in [0, 0.05) is 24.5 Å². The minimum Gasteiger partial charge on any atom is -0.324 e. The first kappa shape index (κ1) is 16.7. The molecule has 1 aromatic carbocycles. The number of fused-ring (bicyclic) bond motifs is 1. The molecule has 1 aliphatic carbocycles. The molecule has 4 heteroatoms. The number of hydrogen-bond acceptors (Lipinski definition) is 3. The summed E-state index contributed by atoms with van der Waals surface area (Å²) in [5, 5.41) is 7.38. The fraction of sp³-hybridized carbons (Fsp3) is 0.400. The molecule has 1 aliphatic rings. The summed E-state index contributed by atoms with van der Waals surface area (Å²) in [7, 11) is 0. The van der Waals surface area contributed by atoms with E-state index in [2.05, 4.69) is 21.7 Å². The molecular weight excluding hydrogens is 298 g/mol. The van der Waals surface area contributed by atoms with Crippen LogP contribution in [0.5, 0.6) is 0 Å². The summed E-state index contributed by atoms with van der Waals surface area (Å²) in [6.45, 7) is 1.66. The lowest BCUT2D eigenvalue weighted by atomic mass is 9.97. The Kier molecular flexibility index (Phi) is 5.96. The Morgan fingerprint density at radius 2 is 2.04 bits per heavy atom. The summed E-state index contributed by atoms with van der Waals surface area (Å²) < 4.78 is 0. The maximum absolute atomic E-state index is 12.1. The molecule has 0 atom stereocenters. The van der Waals surface area contributed by atoms with Crippen LogP contribution in [0.25, 0.3) is 10.9 Å². The number of nitrogens with one attached hydrogen (secondary N) is 2. The Labute approximate surface area is 143 Å². The van der Waals surface area contributed by atoms with Crippen LogP contribution in [0.3, 0.4) is 0 Å². The summed E-state index contributed by atoms with van der Waals surface area (Å²) in [6, 6.07) is 9.74. The van der Waals surface area contributed by atoms with Gasteiger partial charge in [-0.3, -0.25) is 9.78 Å². The number of benzene rings is 1. The molecule has 1 aromatic heterocycles. The molecule has 0 saturated heterocycles. The number of carbonyl (C=O) groups excluding carboxylic acids is 1. The summed E-state index contributed by atoms with van der Waals surface area (Å²) >= 11 is 0. The van der Waals surface area contributed by atoms with Crippen molar-refractivity contribution in [3.63, 3.8) is 0 Å². The van der Waals surface area contributed by atoms with Crippen LogP contribution in [0.15, 0.2) is 48.2 Å². The highest BCUT2D eigenvalue weighted by Crippen LogP contribution is 2.21. The van der Waals surface area contributed by atoms with E-state index in [1.807, 2.05) is 30.3 Å². The molecule has 2 N–H and O–H groups in total. The summed E-state index contributed by atoms with van der Waals surface area (Å²) in [5.41, 5.74) is 3.19. The van der Waals surface area contributed by atoms with Crippen LogP contribution in [0.1, 0.15) is 38.5 Å². The number of para-hydroxylation sites is 1. The molecule has 0 bridgehead atoms. The van der Waals surface area contributed by atoms with Crippen molar-refractivity contribution in [2.45, 2.75) is 38.5 Å². The van der Waals surface area contributed by atoms with Crippen molar-refractivity contribution in [2.24, 2.45) is 0 Å². The minimum atomic E-state index is 0.0255. The third kappa shape index (κ3) is 4.65. The predicted molar refractivity (Wildman–Crippen MR) is 99.0 cm³/mol. The zero-order chi connectivity index (χ0) is 16.6. The second-order valence-electron chi connectivity index (χ2n) is 6.29. The number of aromatic nitrogens is 1. The monoisotopic (exact) mass is 323 g/mol. The van der Waals surface area contributed by atoms with Crippen LogP contribution >= 0.6 is 0 Å².